The van der Waals surface area contributed by atoms with Crippen LogP contribution in [0.25, 0.3) is 11.1 Å². The van der Waals surface area contributed by atoms with Crippen molar-refractivity contribution in [2.45, 2.75) is 12.8 Å². The Hall–Kier alpha value is -1.91. The lowest BCUT2D eigenvalue weighted by molar-refractivity contribution is -0.120. The van der Waals surface area contributed by atoms with Gasteiger partial charge in [0.15, 0.2) is 0 Å². The van der Waals surface area contributed by atoms with Crippen LogP contribution in [0.4, 0.5) is 10.1 Å². The van der Waals surface area contributed by atoms with Crippen molar-refractivity contribution in [2.24, 2.45) is 5.92 Å². The lowest BCUT2D eigenvalue weighted by Gasteiger charge is -2.22. The Kier molecular flexibility index (Phi) is 4.94. The maximum atomic E-state index is 13.7. The average Bonchev–Trinajstić information content (AvgIpc) is 2.58. The maximum Gasteiger partial charge on any atom is 0.228 e. The summed E-state index contributed by atoms with van der Waals surface area (Å²) < 4.78 is 13.7. The second-order valence-corrected chi connectivity index (χ2v) is 6.17. The van der Waals surface area contributed by atoms with E-state index >= 15 is 0 Å². The van der Waals surface area contributed by atoms with Crippen LogP contribution in [0, 0.1) is 11.7 Å². The third-order valence-electron chi connectivity index (χ3n) is 4.06. The number of carbonyl (C=O) groups excluding carboxylic acids is 1. The molecular formula is C18H18ClFN2O. The van der Waals surface area contributed by atoms with E-state index in [4.69, 9.17) is 11.6 Å². The summed E-state index contributed by atoms with van der Waals surface area (Å²) in [4.78, 5) is 12.4. The zero-order valence-corrected chi connectivity index (χ0v) is 13.4. The second-order valence-electron chi connectivity index (χ2n) is 5.73. The number of anilines is 1. The molecule has 0 radical (unpaired) electrons. The van der Waals surface area contributed by atoms with E-state index in [2.05, 4.69) is 10.6 Å². The minimum Gasteiger partial charge on any atom is -0.325 e. The molecule has 23 heavy (non-hydrogen) atoms. The Bertz CT molecular complexity index is 697. The van der Waals surface area contributed by atoms with Gasteiger partial charge in [-0.05, 0) is 55.3 Å². The first-order chi connectivity index (χ1) is 11.1. The molecule has 5 heteroatoms. The van der Waals surface area contributed by atoms with Gasteiger partial charge in [-0.25, -0.2) is 4.39 Å². The predicted octanol–water partition coefficient (Wildman–Crippen LogP) is 4.08. The fourth-order valence-corrected chi connectivity index (χ4v) is 2.93. The third-order valence-corrected chi connectivity index (χ3v) is 4.31. The van der Waals surface area contributed by atoms with Gasteiger partial charge in [0.1, 0.15) is 5.82 Å². The Morgan fingerprint density at radius 1 is 1.22 bits per heavy atom. The minimum absolute atomic E-state index is 0.0287. The van der Waals surface area contributed by atoms with Crippen molar-refractivity contribution >= 4 is 23.2 Å². The molecule has 1 aliphatic heterocycles. The van der Waals surface area contributed by atoms with E-state index in [1.165, 1.54) is 12.1 Å². The number of hydrogen-bond acceptors (Lipinski definition) is 2. The molecule has 1 saturated heterocycles. The van der Waals surface area contributed by atoms with Crippen molar-refractivity contribution in [1.82, 2.24) is 5.32 Å². The number of piperidine rings is 1. The predicted molar refractivity (Wildman–Crippen MR) is 91.1 cm³/mol. The highest BCUT2D eigenvalue weighted by Crippen LogP contribution is 2.30. The zero-order chi connectivity index (χ0) is 16.2. The fourth-order valence-electron chi connectivity index (χ4n) is 2.80. The molecule has 0 aromatic heterocycles. The maximum absolute atomic E-state index is 13.7. The SMILES string of the molecule is O=C(Nc1ccc(F)cc1-c1ccc(Cl)cc1)C1CCCNC1. The summed E-state index contributed by atoms with van der Waals surface area (Å²) in [5, 5.41) is 6.78. The lowest BCUT2D eigenvalue weighted by atomic mass is 9.98. The summed E-state index contributed by atoms with van der Waals surface area (Å²) in [6.45, 7) is 1.64. The Labute approximate surface area is 139 Å². The molecular weight excluding hydrogens is 315 g/mol. The molecule has 120 valence electrons. The van der Waals surface area contributed by atoms with E-state index in [0.717, 1.165) is 24.9 Å². The Balaban J connectivity index is 1.86. The molecule has 1 atom stereocenters. The molecule has 0 bridgehead atoms. The van der Waals surface area contributed by atoms with Crippen LogP contribution < -0.4 is 10.6 Å². The van der Waals surface area contributed by atoms with E-state index in [1.54, 1.807) is 18.2 Å². The van der Waals surface area contributed by atoms with Gasteiger partial charge in [0, 0.05) is 22.8 Å². The van der Waals surface area contributed by atoms with Crippen LogP contribution in [0.1, 0.15) is 12.8 Å². The van der Waals surface area contributed by atoms with Crippen molar-refractivity contribution in [2.75, 3.05) is 18.4 Å². The van der Waals surface area contributed by atoms with Gasteiger partial charge in [-0.3, -0.25) is 4.79 Å². The second kappa shape index (κ2) is 7.11. The molecule has 0 spiro atoms. The van der Waals surface area contributed by atoms with Crippen molar-refractivity contribution in [3.05, 3.63) is 53.3 Å². The van der Waals surface area contributed by atoms with E-state index in [9.17, 15) is 9.18 Å². The summed E-state index contributed by atoms with van der Waals surface area (Å²) in [5.74, 6) is -0.418. The number of benzene rings is 2. The summed E-state index contributed by atoms with van der Waals surface area (Å²) in [7, 11) is 0. The quantitative estimate of drug-likeness (QED) is 0.889. The van der Waals surface area contributed by atoms with Crippen molar-refractivity contribution in [3.63, 3.8) is 0 Å². The van der Waals surface area contributed by atoms with Crippen molar-refractivity contribution < 1.29 is 9.18 Å². The summed E-state index contributed by atoms with van der Waals surface area (Å²) >= 11 is 5.91. The van der Waals surface area contributed by atoms with Crippen LogP contribution >= 0.6 is 11.6 Å². The third kappa shape index (κ3) is 3.89. The monoisotopic (exact) mass is 332 g/mol. The highest BCUT2D eigenvalue weighted by atomic mass is 35.5. The van der Waals surface area contributed by atoms with Crippen molar-refractivity contribution in [3.8, 4) is 11.1 Å². The van der Waals surface area contributed by atoms with Gasteiger partial charge in [0.2, 0.25) is 5.91 Å². The Morgan fingerprint density at radius 3 is 2.70 bits per heavy atom. The molecule has 3 rings (SSSR count). The van der Waals surface area contributed by atoms with E-state index in [0.29, 0.717) is 22.8 Å². The highest BCUT2D eigenvalue weighted by molar-refractivity contribution is 6.30. The zero-order valence-electron chi connectivity index (χ0n) is 12.6. The molecule has 1 unspecified atom stereocenters. The fraction of sp³-hybridized carbons (Fsp3) is 0.278. The van der Waals surface area contributed by atoms with Gasteiger partial charge in [-0.2, -0.15) is 0 Å². The number of amides is 1. The summed E-state index contributed by atoms with van der Waals surface area (Å²) in [6, 6.07) is 11.5. The van der Waals surface area contributed by atoms with Gasteiger partial charge < -0.3 is 10.6 Å². The molecule has 0 saturated carbocycles. The molecule has 1 aliphatic rings. The smallest absolute Gasteiger partial charge is 0.228 e. The number of carbonyl (C=O) groups is 1. The average molecular weight is 333 g/mol. The lowest BCUT2D eigenvalue weighted by Crippen LogP contribution is -2.37. The van der Waals surface area contributed by atoms with Gasteiger partial charge in [0.05, 0.1) is 5.92 Å². The van der Waals surface area contributed by atoms with Crippen molar-refractivity contribution in [1.29, 1.82) is 0 Å². The molecule has 2 aromatic carbocycles. The topological polar surface area (TPSA) is 41.1 Å². The molecule has 0 aliphatic carbocycles. The number of halogens is 2. The Morgan fingerprint density at radius 2 is 2.00 bits per heavy atom. The molecule has 1 fully saturated rings. The standard InChI is InChI=1S/C18H18ClFN2O/c19-14-5-3-12(4-6-14)16-10-15(20)7-8-17(16)22-18(23)13-2-1-9-21-11-13/h3-8,10,13,21H,1-2,9,11H2,(H,22,23). The van der Waals surface area contributed by atoms with Crippen LogP contribution in [0.3, 0.4) is 0 Å². The van der Waals surface area contributed by atoms with Gasteiger partial charge >= 0.3 is 0 Å². The molecule has 1 amide bonds. The van der Waals surface area contributed by atoms with Crippen LogP contribution in [0.15, 0.2) is 42.5 Å². The highest BCUT2D eigenvalue weighted by Gasteiger charge is 2.21. The number of nitrogens with one attached hydrogen (secondary N) is 2. The van der Waals surface area contributed by atoms with Crippen LogP contribution in [0.2, 0.25) is 5.02 Å². The summed E-state index contributed by atoms with van der Waals surface area (Å²) in [6.07, 6.45) is 1.86. The van der Waals surface area contributed by atoms with E-state index in [-0.39, 0.29) is 17.6 Å². The first kappa shape index (κ1) is 16.0. The minimum atomic E-state index is -0.340. The number of hydrogen-bond donors (Lipinski definition) is 2. The van der Waals surface area contributed by atoms with Crippen LogP contribution in [0.5, 0.6) is 0 Å². The van der Waals surface area contributed by atoms with Gasteiger partial charge in [0.25, 0.3) is 0 Å². The van der Waals surface area contributed by atoms with E-state index in [1.807, 2.05) is 12.1 Å². The molecule has 2 N–H and O–H groups in total. The largest absolute Gasteiger partial charge is 0.325 e. The normalized spacial score (nSPS) is 17.7. The van der Waals surface area contributed by atoms with Gasteiger partial charge in [-0.1, -0.05) is 23.7 Å². The van der Waals surface area contributed by atoms with E-state index < -0.39 is 0 Å². The molecule has 3 nitrogen and oxygen atoms in total. The molecule has 2 aromatic rings. The van der Waals surface area contributed by atoms with Gasteiger partial charge in [-0.15, -0.1) is 0 Å². The molecule has 1 heterocycles. The first-order valence-corrected chi connectivity index (χ1v) is 8.08. The number of rotatable bonds is 3. The van der Waals surface area contributed by atoms with Crippen LogP contribution in [-0.2, 0) is 4.79 Å². The summed E-state index contributed by atoms with van der Waals surface area (Å²) in [5.41, 5.74) is 2.08. The van der Waals surface area contributed by atoms with Crippen LogP contribution in [-0.4, -0.2) is 19.0 Å². The first-order valence-electron chi connectivity index (χ1n) is 7.70.